The molecule has 140 valence electrons. The minimum Gasteiger partial charge on any atom is -0.481 e. The molecule has 2 heterocycles. The van der Waals surface area contributed by atoms with Crippen molar-refractivity contribution in [3.05, 3.63) is 70.1 Å². The van der Waals surface area contributed by atoms with Crippen LogP contribution < -0.4 is 15.6 Å². The summed E-state index contributed by atoms with van der Waals surface area (Å²) in [6, 6.07) is 12.6. The van der Waals surface area contributed by atoms with Gasteiger partial charge in [-0.1, -0.05) is 12.1 Å². The zero-order valence-corrected chi connectivity index (χ0v) is 15.4. The van der Waals surface area contributed by atoms with E-state index in [0.29, 0.717) is 5.69 Å². The number of carbonyl (C=O) groups excluding carboxylic acids is 1. The first-order valence-corrected chi connectivity index (χ1v) is 9.23. The Morgan fingerprint density at radius 1 is 1.30 bits per heavy atom. The van der Waals surface area contributed by atoms with Crippen molar-refractivity contribution in [3.8, 4) is 16.3 Å². The van der Waals surface area contributed by atoms with Crippen LogP contribution in [0.1, 0.15) is 6.92 Å². The summed E-state index contributed by atoms with van der Waals surface area (Å²) in [5, 5.41) is 8.95. The summed E-state index contributed by atoms with van der Waals surface area (Å²) in [5.74, 6) is -0.517. The van der Waals surface area contributed by atoms with Gasteiger partial charge in [-0.05, 0) is 36.6 Å². The lowest BCUT2D eigenvalue weighted by Crippen LogP contribution is -2.39. The van der Waals surface area contributed by atoms with E-state index in [4.69, 9.17) is 4.74 Å². The molecule has 1 N–H and O–H groups in total. The molecule has 1 unspecified atom stereocenters. The topological polar surface area (TPSA) is 73.2 Å². The number of ether oxygens (including phenoxy) is 1. The highest BCUT2D eigenvalue weighted by Gasteiger charge is 2.14. The first-order valence-electron chi connectivity index (χ1n) is 8.35. The predicted octanol–water partition coefficient (Wildman–Crippen LogP) is 2.69. The fraction of sp³-hybridized carbons (Fsp3) is 0.211. The average Bonchev–Trinajstić information content (AvgIpc) is 3.18. The normalized spacial score (nSPS) is 11.8. The molecule has 1 aromatic carbocycles. The van der Waals surface area contributed by atoms with Gasteiger partial charge in [0.25, 0.3) is 11.5 Å². The molecule has 6 nitrogen and oxygen atoms in total. The average molecular weight is 387 g/mol. The molecule has 0 spiro atoms. The minimum absolute atomic E-state index is 0.219. The third-order valence-electron chi connectivity index (χ3n) is 3.74. The predicted molar refractivity (Wildman–Crippen MR) is 101 cm³/mol. The molecule has 0 fully saturated rings. The van der Waals surface area contributed by atoms with Gasteiger partial charge >= 0.3 is 0 Å². The highest BCUT2D eigenvalue weighted by atomic mass is 32.1. The highest BCUT2D eigenvalue weighted by Crippen LogP contribution is 2.21. The van der Waals surface area contributed by atoms with Crippen LogP contribution in [0.3, 0.4) is 0 Å². The minimum atomic E-state index is -0.797. The maximum Gasteiger partial charge on any atom is 0.266 e. The molecular weight excluding hydrogens is 369 g/mol. The molecule has 0 bridgehead atoms. The summed E-state index contributed by atoms with van der Waals surface area (Å²) < 4.78 is 19.9. The summed E-state index contributed by atoms with van der Waals surface area (Å²) in [6.07, 6.45) is -0.797. The van der Waals surface area contributed by atoms with Crippen LogP contribution in [0.5, 0.6) is 5.75 Å². The van der Waals surface area contributed by atoms with E-state index in [1.165, 1.54) is 40.3 Å². The van der Waals surface area contributed by atoms with Crippen molar-refractivity contribution in [1.82, 2.24) is 15.1 Å². The van der Waals surface area contributed by atoms with Gasteiger partial charge in [0.1, 0.15) is 17.3 Å². The summed E-state index contributed by atoms with van der Waals surface area (Å²) >= 11 is 1.53. The Bertz CT molecular complexity index is 972. The van der Waals surface area contributed by atoms with E-state index in [1.807, 2.05) is 17.5 Å². The van der Waals surface area contributed by atoms with Crippen molar-refractivity contribution in [2.24, 2.45) is 0 Å². The van der Waals surface area contributed by atoms with Crippen LogP contribution in [-0.2, 0) is 11.3 Å². The van der Waals surface area contributed by atoms with E-state index in [0.717, 1.165) is 4.88 Å². The number of carbonyl (C=O) groups is 1. The van der Waals surface area contributed by atoms with Crippen LogP contribution in [-0.4, -0.2) is 28.3 Å². The third-order valence-corrected chi connectivity index (χ3v) is 4.63. The molecule has 0 saturated heterocycles. The SMILES string of the molecule is CC(Oc1cccc(F)c1)C(=O)NCCn1nc(-c2cccs2)ccc1=O. The van der Waals surface area contributed by atoms with Crippen LogP contribution in [0.4, 0.5) is 4.39 Å². The molecule has 3 rings (SSSR count). The summed E-state index contributed by atoms with van der Waals surface area (Å²) in [7, 11) is 0. The number of amides is 1. The standard InChI is InChI=1S/C19H18FN3O3S/c1-13(26-15-5-2-4-14(20)12-15)19(25)21-9-10-23-18(24)8-7-16(22-23)17-6-3-11-27-17/h2-8,11-13H,9-10H2,1H3,(H,21,25). The van der Waals surface area contributed by atoms with E-state index < -0.39 is 11.9 Å². The summed E-state index contributed by atoms with van der Waals surface area (Å²) in [5.41, 5.74) is 0.465. The molecule has 2 aromatic heterocycles. The van der Waals surface area contributed by atoms with Crippen molar-refractivity contribution in [3.63, 3.8) is 0 Å². The summed E-state index contributed by atoms with van der Waals surface area (Å²) in [6.45, 7) is 2.02. The molecule has 1 atom stereocenters. The van der Waals surface area contributed by atoms with Crippen LogP contribution in [0, 0.1) is 5.82 Å². The molecule has 1 amide bonds. The van der Waals surface area contributed by atoms with Gasteiger partial charge in [-0.15, -0.1) is 11.3 Å². The molecule has 8 heteroatoms. The number of thiophene rings is 1. The maximum atomic E-state index is 13.2. The van der Waals surface area contributed by atoms with Gasteiger partial charge in [0.2, 0.25) is 0 Å². The Morgan fingerprint density at radius 2 is 2.15 bits per heavy atom. The smallest absolute Gasteiger partial charge is 0.266 e. The van der Waals surface area contributed by atoms with Crippen LogP contribution in [0.15, 0.2) is 58.7 Å². The highest BCUT2D eigenvalue weighted by molar-refractivity contribution is 7.13. The lowest BCUT2D eigenvalue weighted by atomic mass is 10.3. The number of hydrogen-bond acceptors (Lipinski definition) is 5. The van der Waals surface area contributed by atoms with Gasteiger partial charge in [-0.2, -0.15) is 5.10 Å². The van der Waals surface area contributed by atoms with Crippen molar-refractivity contribution in [2.75, 3.05) is 6.54 Å². The van der Waals surface area contributed by atoms with Crippen LogP contribution in [0.2, 0.25) is 0 Å². The molecule has 27 heavy (non-hydrogen) atoms. The Labute approximate surface area is 159 Å². The number of hydrogen-bond donors (Lipinski definition) is 1. The Balaban J connectivity index is 1.55. The second kappa shape index (κ2) is 8.59. The van der Waals surface area contributed by atoms with E-state index in [9.17, 15) is 14.0 Å². The Hall–Kier alpha value is -3.00. The van der Waals surface area contributed by atoms with Crippen molar-refractivity contribution in [1.29, 1.82) is 0 Å². The first kappa shape index (κ1) is 18.8. The Morgan fingerprint density at radius 3 is 2.89 bits per heavy atom. The lowest BCUT2D eigenvalue weighted by Gasteiger charge is -2.15. The fourth-order valence-electron chi connectivity index (χ4n) is 2.39. The fourth-order valence-corrected chi connectivity index (χ4v) is 3.08. The van der Waals surface area contributed by atoms with Gasteiger partial charge in [0.05, 0.1) is 11.4 Å². The number of rotatable bonds is 7. The van der Waals surface area contributed by atoms with Crippen LogP contribution >= 0.6 is 11.3 Å². The maximum absolute atomic E-state index is 13.2. The van der Waals surface area contributed by atoms with Crippen LogP contribution in [0.25, 0.3) is 10.6 Å². The van der Waals surface area contributed by atoms with Gasteiger partial charge in [0.15, 0.2) is 6.10 Å². The molecule has 3 aromatic rings. The zero-order chi connectivity index (χ0) is 19.2. The number of halogens is 1. The van der Waals surface area contributed by atoms with E-state index in [1.54, 1.807) is 19.1 Å². The van der Waals surface area contributed by atoms with Gasteiger partial charge in [-0.25, -0.2) is 9.07 Å². The van der Waals surface area contributed by atoms with E-state index in [2.05, 4.69) is 10.4 Å². The first-order chi connectivity index (χ1) is 13.0. The number of benzene rings is 1. The van der Waals surface area contributed by atoms with Gasteiger partial charge in [0, 0.05) is 18.7 Å². The number of nitrogens with zero attached hydrogens (tertiary/aromatic N) is 2. The second-order valence-corrected chi connectivity index (χ2v) is 6.71. The molecule has 0 saturated carbocycles. The third kappa shape index (κ3) is 5.01. The molecular formula is C19H18FN3O3S. The van der Waals surface area contributed by atoms with E-state index >= 15 is 0 Å². The molecule has 0 aliphatic rings. The number of aromatic nitrogens is 2. The van der Waals surface area contributed by atoms with Crippen molar-refractivity contribution >= 4 is 17.2 Å². The quantitative estimate of drug-likeness (QED) is 0.677. The van der Waals surface area contributed by atoms with Gasteiger partial charge < -0.3 is 10.1 Å². The zero-order valence-electron chi connectivity index (χ0n) is 14.6. The largest absolute Gasteiger partial charge is 0.481 e. The molecule has 0 radical (unpaired) electrons. The van der Waals surface area contributed by atoms with Crippen molar-refractivity contribution < 1.29 is 13.9 Å². The number of nitrogens with one attached hydrogen (secondary N) is 1. The van der Waals surface area contributed by atoms with E-state index in [-0.39, 0.29) is 30.3 Å². The second-order valence-electron chi connectivity index (χ2n) is 5.77. The summed E-state index contributed by atoms with van der Waals surface area (Å²) in [4.78, 5) is 25.0. The monoisotopic (exact) mass is 387 g/mol. The Kier molecular flexibility index (Phi) is 5.97. The van der Waals surface area contributed by atoms with Gasteiger partial charge in [-0.3, -0.25) is 9.59 Å². The molecule has 0 aliphatic carbocycles. The molecule has 0 aliphatic heterocycles. The lowest BCUT2D eigenvalue weighted by molar-refractivity contribution is -0.127. The van der Waals surface area contributed by atoms with Crippen molar-refractivity contribution in [2.45, 2.75) is 19.6 Å².